The van der Waals surface area contributed by atoms with E-state index in [0.29, 0.717) is 36.0 Å². The first kappa shape index (κ1) is 24.2. The Hall–Kier alpha value is -2.93. The van der Waals surface area contributed by atoms with E-state index in [1.807, 2.05) is 59.5 Å². The molecule has 0 saturated heterocycles. The molecule has 1 aromatic heterocycles. The van der Waals surface area contributed by atoms with Crippen molar-refractivity contribution in [1.29, 1.82) is 0 Å². The van der Waals surface area contributed by atoms with Crippen LogP contribution >= 0.6 is 34.7 Å². The predicted octanol–water partition coefficient (Wildman–Crippen LogP) is 5.80. The number of carbonyl (C=O) groups excluding carboxylic acids is 1. The molecule has 0 atom stereocenters. The summed E-state index contributed by atoms with van der Waals surface area (Å²) in [5, 5.41) is 4.92. The van der Waals surface area contributed by atoms with Crippen molar-refractivity contribution in [3.8, 4) is 0 Å². The van der Waals surface area contributed by atoms with E-state index in [2.05, 4.69) is 21.8 Å². The van der Waals surface area contributed by atoms with Gasteiger partial charge in [0.2, 0.25) is 11.0 Å². The van der Waals surface area contributed by atoms with Crippen molar-refractivity contribution in [2.75, 3.05) is 18.0 Å². The topological polar surface area (TPSA) is 58.1 Å². The maximum absolute atomic E-state index is 12.8. The Kier molecular flexibility index (Phi) is 8.52. The molecule has 8 heteroatoms. The summed E-state index contributed by atoms with van der Waals surface area (Å²) >= 11 is 13.5. The minimum absolute atomic E-state index is 0.0826. The van der Waals surface area contributed by atoms with Crippen LogP contribution < -0.4 is 10.2 Å². The molecule has 0 saturated carbocycles. The standard InChI is InChI=1S/C26H24Cl2N4OS/c27-22-12-11-21(23(28)16-22)13-14-29-25(33)18-32(17-20-9-5-2-6-10-20)26-30-24(31-34-26)15-19-7-3-1-4-8-19/h1-12,16H,13-15,17-18H2,(H,29,33). The van der Waals surface area contributed by atoms with E-state index in [0.717, 1.165) is 27.6 Å². The smallest absolute Gasteiger partial charge is 0.239 e. The molecule has 4 aromatic rings. The van der Waals surface area contributed by atoms with E-state index < -0.39 is 0 Å². The van der Waals surface area contributed by atoms with E-state index in [4.69, 9.17) is 28.2 Å². The molecule has 0 bridgehead atoms. The van der Waals surface area contributed by atoms with Gasteiger partial charge in [-0.25, -0.2) is 4.98 Å². The van der Waals surface area contributed by atoms with Gasteiger partial charge in [0.1, 0.15) is 5.82 Å². The Morgan fingerprint density at radius 2 is 1.65 bits per heavy atom. The molecule has 4 rings (SSSR count). The van der Waals surface area contributed by atoms with Gasteiger partial charge in [-0.05, 0) is 35.2 Å². The van der Waals surface area contributed by atoms with Crippen LogP contribution in [0.15, 0.2) is 78.9 Å². The highest BCUT2D eigenvalue weighted by Crippen LogP contribution is 2.22. The van der Waals surface area contributed by atoms with Crippen LogP contribution in [0.1, 0.15) is 22.5 Å². The van der Waals surface area contributed by atoms with Crippen LogP contribution in [0.4, 0.5) is 5.13 Å². The van der Waals surface area contributed by atoms with Crippen LogP contribution in [0, 0.1) is 0 Å². The van der Waals surface area contributed by atoms with Crippen LogP contribution in [0.5, 0.6) is 0 Å². The van der Waals surface area contributed by atoms with Gasteiger partial charge in [-0.2, -0.15) is 4.37 Å². The molecule has 1 heterocycles. The predicted molar refractivity (Wildman–Crippen MR) is 140 cm³/mol. The second-order valence-electron chi connectivity index (χ2n) is 7.83. The first-order valence-electron chi connectivity index (χ1n) is 10.9. The van der Waals surface area contributed by atoms with E-state index in [1.165, 1.54) is 11.5 Å². The minimum Gasteiger partial charge on any atom is -0.354 e. The Bertz CT molecular complexity index is 1220. The van der Waals surface area contributed by atoms with Gasteiger partial charge in [0.05, 0.1) is 6.54 Å². The maximum Gasteiger partial charge on any atom is 0.239 e. The summed E-state index contributed by atoms with van der Waals surface area (Å²) in [6.07, 6.45) is 1.28. The first-order valence-corrected chi connectivity index (χ1v) is 12.5. The zero-order chi connectivity index (χ0) is 23.8. The fraction of sp³-hybridized carbons (Fsp3) is 0.192. The van der Waals surface area contributed by atoms with Crippen LogP contribution in [0.2, 0.25) is 10.0 Å². The lowest BCUT2D eigenvalue weighted by atomic mass is 10.1. The van der Waals surface area contributed by atoms with E-state index >= 15 is 0 Å². The molecule has 0 aliphatic rings. The van der Waals surface area contributed by atoms with Crippen molar-refractivity contribution in [2.45, 2.75) is 19.4 Å². The fourth-order valence-electron chi connectivity index (χ4n) is 3.51. The summed E-state index contributed by atoms with van der Waals surface area (Å²) in [6.45, 7) is 1.23. The Morgan fingerprint density at radius 3 is 2.35 bits per heavy atom. The summed E-state index contributed by atoms with van der Waals surface area (Å²) in [6, 6.07) is 25.6. The molecule has 0 unspecified atom stereocenters. The van der Waals surface area contributed by atoms with E-state index in [9.17, 15) is 4.79 Å². The van der Waals surface area contributed by atoms with Crippen molar-refractivity contribution in [3.63, 3.8) is 0 Å². The number of nitrogens with zero attached hydrogens (tertiary/aromatic N) is 3. The van der Waals surface area contributed by atoms with Gasteiger partial charge in [0.15, 0.2) is 0 Å². The summed E-state index contributed by atoms with van der Waals surface area (Å²) in [5.41, 5.74) is 3.20. The summed E-state index contributed by atoms with van der Waals surface area (Å²) in [7, 11) is 0. The largest absolute Gasteiger partial charge is 0.354 e. The van der Waals surface area contributed by atoms with Gasteiger partial charge in [-0.15, -0.1) is 0 Å². The Morgan fingerprint density at radius 1 is 0.941 bits per heavy atom. The molecular weight excluding hydrogens is 487 g/mol. The highest BCUT2D eigenvalue weighted by molar-refractivity contribution is 7.09. The molecule has 0 fully saturated rings. The number of aromatic nitrogens is 2. The fourth-order valence-corrected chi connectivity index (χ4v) is 4.69. The highest BCUT2D eigenvalue weighted by Gasteiger charge is 2.17. The van der Waals surface area contributed by atoms with Crippen molar-refractivity contribution < 1.29 is 4.79 Å². The van der Waals surface area contributed by atoms with Gasteiger partial charge in [-0.1, -0.05) is 89.9 Å². The quantitative estimate of drug-likeness (QED) is 0.292. The molecule has 34 heavy (non-hydrogen) atoms. The van der Waals surface area contributed by atoms with Gasteiger partial charge < -0.3 is 10.2 Å². The van der Waals surface area contributed by atoms with Gasteiger partial charge in [0.25, 0.3) is 0 Å². The van der Waals surface area contributed by atoms with Crippen molar-refractivity contribution >= 4 is 45.8 Å². The average molecular weight is 511 g/mol. The van der Waals surface area contributed by atoms with Crippen molar-refractivity contribution in [2.24, 2.45) is 0 Å². The van der Waals surface area contributed by atoms with Crippen LogP contribution in [-0.2, 0) is 24.2 Å². The average Bonchev–Trinajstić information content (AvgIpc) is 3.30. The normalized spacial score (nSPS) is 10.8. The maximum atomic E-state index is 12.8. The molecule has 0 aliphatic heterocycles. The summed E-state index contributed by atoms with van der Waals surface area (Å²) in [4.78, 5) is 19.5. The Balaban J connectivity index is 1.40. The number of amides is 1. The molecule has 174 valence electrons. The third-order valence-electron chi connectivity index (χ3n) is 5.22. The molecule has 0 spiro atoms. The van der Waals surface area contributed by atoms with E-state index in [-0.39, 0.29) is 12.5 Å². The first-order chi connectivity index (χ1) is 16.6. The summed E-state index contributed by atoms with van der Waals surface area (Å²) in [5.74, 6) is 0.669. The van der Waals surface area contributed by atoms with Crippen LogP contribution in [0.25, 0.3) is 0 Å². The van der Waals surface area contributed by atoms with Gasteiger partial charge in [-0.3, -0.25) is 4.79 Å². The number of benzene rings is 3. The second kappa shape index (κ2) is 12.0. The minimum atomic E-state index is -0.0826. The third-order valence-corrected chi connectivity index (χ3v) is 6.62. The molecular formula is C26H24Cl2N4OS. The lowest BCUT2D eigenvalue weighted by molar-refractivity contribution is -0.119. The van der Waals surface area contributed by atoms with Gasteiger partial charge >= 0.3 is 0 Å². The highest BCUT2D eigenvalue weighted by atomic mass is 35.5. The molecule has 1 N–H and O–H groups in total. The molecule has 3 aromatic carbocycles. The number of halogens is 2. The lowest BCUT2D eigenvalue weighted by Crippen LogP contribution is -2.37. The number of rotatable bonds is 10. The number of anilines is 1. The van der Waals surface area contributed by atoms with Crippen molar-refractivity contribution in [1.82, 2.24) is 14.7 Å². The monoisotopic (exact) mass is 510 g/mol. The number of hydrogen-bond donors (Lipinski definition) is 1. The van der Waals surface area contributed by atoms with Gasteiger partial charge in [0, 0.05) is 41.1 Å². The zero-order valence-corrected chi connectivity index (χ0v) is 20.8. The number of carbonyl (C=O) groups is 1. The van der Waals surface area contributed by atoms with Crippen LogP contribution in [-0.4, -0.2) is 28.4 Å². The number of nitrogens with one attached hydrogen (secondary N) is 1. The van der Waals surface area contributed by atoms with E-state index in [1.54, 1.807) is 12.1 Å². The zero-order valence-electron chi connectivity index (χ0n) is 18.5. The third kappa shape index (κ3) is 7.03. The van der Waals surface area contributed by atoms with Crippen molar-refractivity contribution in [3.05, 3.63) is 111 Å². The number of hydrogen-bond acceptors (Lipinski definition) is 5. The molecule has 5 nitrogen and oxygen atoms in total. The molecule has 0 aliphatic carbocycles. The molecule has 0 radical (unpaired) electrons. The van der Waals surface area contributed by atoms with Crippen LogP contribution in [0.3, 0.4) is 0 Å². The molecule has 1 amide bonds. The second-order valence-corrected chi connectivity index (χ2v) is 9.41. The Labute approximate surface area is 213 Å². The summed E-state index contributed by atoms with van der Waals surface area (Å²) < 4.78 is 4.53. The lowest BCUT2D eigenvalue weighted by Gasteiger charge is -2.21. The SMILES string of the molecule is O=C(CN(Cc1ccccc1)c1nc(Cc2ccccc2)ns1)NCCc1ccc(Cl)cc1Cl.